The first kappa shape index (κ1) is 21.9. The predicted octanol–water partition coefficient (Wildman–Crippen LogP) is 5.81. The van der Waals surface area contributed by atoms with Gasteiger partial charge < -0.3 is 4.74 Å². The number of amides is 1. The maximum atomic E-state index is 13.7. The third-order valence-corrected chi connectivity index (χ3v) is 8.42. The Morgan fingerprint density at radius 1 is 1.06 bits per heavy atom. The van der Waals surface area contributed by atoms with E-state index in [-0.39, 0.29) is 24.0 Å². The number of allylic oxidation sites excluding steroid dienone is 2. The highest BCUT2D eigenvalue weighted by Crippen LogP contribution is 2.48. The van der Waals surface area contributed by atoms with Crippen LogP contribution in [0, 0.1) is 11.3 Å². The first-order chi connectivity index (χ1) is 16.1. The Labute approximate surface area is 198 Å². The lowest BCUT2D eigenvalue weighted by Gasteiger charge is -2.38. The van der Waals surface area contributed by atoms with Crippen LogP contribution in [0.1, 0.15) is 78.9 Å². The molecule has 33 heavy (non-hydrogen) atoms. The van der Waals surface area contributed by atoms with Crippen molar-refractivity contribution >= 4 is 28.0 Å². The van der Waals surface area contributed by atoms with Gasteiger partial charge in [0.1, 0.15) is 16.8 Å². The molecule has 2 aromatic rings. The van der Waals surface area contributed by atoms with Gasteiger partial charge in [0.2, 0.25) is 5.91 Å². The molecule has 1 amide bonds. The second-order valence-corrected chi connectivity index (χ2v) is 10.2. The summed E-state index contributed by atoms with van der Waals surface area (Å²) in [4.78, 5) is 29.9. The monoisotopic (exact) mass is 460 g/mol. The largest absolute Gasteiger partial charge is 0.497 e. The van der Waals surface area contributed by atoms with E-state index in [9.17, 15) is 14.9 Å². The molecule has 1 atom stereocenters. The molecule has 0 bridgehead atoms. The fourth-order valence-corrected chi connectivity index (χ4v) is 6.93. The molecule has 0 unspecified atom stereocenters. The molecule has 5 nitrogen and oxygen atoms in total. The SMILES string of the molecule is COc1cccc([C@@H]2CC(=O)N(c3sc4c(c3C#N)CCCCCC4)C3=C2C(=O)CCC3)c1. The summed E-state index contributed by atoms with van der Waals surface area (Å²) in [5, 5.41) is 10.8. The number of rotatable bonds is 3. The van der Waals surface area contributed by atoms with Crippen LogP contribution in [0.5, 0.6) is 5.75 Å². The number of ketones is 1. The molecule has 6 heteroatoms. The Hall–Kier alpha value is -2.91. The molecule has 1 aromatic carbocycles. The zero-order valence-corrected chi connectivity index (χ0v) is 19.8. The standard InChI is InChI=1S/C27H28N2O3S/c1-32-18-9-6-8-17(14-18)20-15-25(31)29(22-11-7-12-23(30)26(20)22)27-21(16-28)19-10-4-2-3-5-13-24(19)33-27/h6,8-9,14,20H,2-5,7,10-13,15H2,1H3/t20-/m0/s1. The van der Waals surface area contributed by atoms with Crippen LogP contribution >= 0.6 is 11.3 Å². The van der Waals surface area contributed by atoms with Crippen molar-refractivity contribution in [2.24, 2.45) is 0 Å². The number of nitriles is 1. The zero-order chi connectivity index (χ0) is 22.9. The minimum absolute atomic E-state index is 0.0259. The van der Waals surface area contributed by atoms with Crippen LogP contribution in [0.25, 0.3) is 0 Å². The molecule has 2 aliphatic carbocycles. The van der Waals surface area contributed by atoms with Crippen molar-refractivity contribution in [2.75, 3.05) is 12.0 Å². The Morgan fingerprint density at radius 3 is 2.67 bits per heavy atom. The second kappa shape index (κ2) is 9.15. The van der Waals surface area contributed by atoms with Crippen molar-refractivity contribution in [3.63, 3.8) is 0 Å². The number of ether oxygens (including phenoxy) is 1. The smallest absolute Gasteiger partial charge is 0.232 e. The van der Waals surface area contributed by atoms with E-state index >= 15 is 0 Å². The molecule has 0 spiro atoms. The van der Waals surface area contributed by atoms with Crippen molar-refractivity contribution in [3.8, 4) is 11.8 Å². The topological polar surface area (TPSA) is 70.4 Å². The lowest BCUT2D eigenvalue weighted by atomic mass is 9.77. The molecular formula is C27H28N2O3S. The number of methoxy groups -OCH3 is 1. The number of aryl methyl sites for hydroxylation is 1. The van der Waals surface area contributed by atoms with Crippen LogP contribution in [0.15, 0.2) is 35.5 Å². The van der Waals surface area contributed by atoms with Gasteiger partial charge in [-0.25, -0.2) is 0 Å². The number of Topliss-reactive ketones (excluding diaryl/α,β-unsaturated/α-hetero) is 1. The molecular weight excluding hydrogens is 432 g/mol. The van der Waals surface area contributed by atoms with E-state index in [1.165, 1.54) is 17.7 Å². The summed E-state index contributed by atoms with van der Waals surface area (Å²) >= 11 is 1.60. The van der Waals surface area contributed by atoms with E-state index in [1.54, 1.807) is 23.3 Å². The number of thiophene rings is 1. The third kappa shape index (κ3) is 3.89. The van der Waals surface area contributed by atoms with Crippen LogP contribution in [0.2, 0.25) is 0 Å². The number of fused-ring (bicyclic) bond motifs is 1. The molecule has 0 fully saturated rings. The van der Waals surface area contributed by atoms with Gasteiger partial charge in [-0.3, -0.25) is 14.5 Å². The zero-order valence-electron chi connectivity index (χ0n) is 19.0. The Balaban J connectivity index is 1.65. The van der Waals surface area contributed by atoms with Crippen molar-refractivity contribution in [2.45, 2.75) is 70.1 Å². The lowest BCUT2D eigenvalue weighted by molar-refractivity contribution is -0.119. The molecule has 5 rings (SSSR count). The first-order valence-corrected chi connectivity index (χ1v) is 12.7. The van der Waals surface area contributed by atoms with Gasteiger partial charge in [0.05, 0.1) is 12.7 Å². The van der Waals surface area contributed by atoms with Gasteiger partial charge in [0.25, 0.3) is 0 Å². The van der Waals surface area contributed by atoms with E-state index in [2.05, 4.69) is 6.07 Å². The summed E-state index contributed by atoms with van der Waals surface area (Å²) in [7, 11) is 1.62. The highest BCUT2D eigenvalue weighted by atomic mass is 32.1. The first-order valence-electron chi connectivity index (χ1n) is 11.9. The predicted molar refractivity (Wildman–Crippen MR) is 129 cm³/mol. The summed E-state index contributed by atoms with van der Waals surface area (Å²) in [5.74, 6) is 0.549. The van der Waals surface area contributed by atoms with E-state index < -0.39 is 0 Å². The molecule has 1 aliphatic heterocycles. The van der Waals surface area contributed by atoms with Crippen LogP contribution in [-0.4, -0.2) is 18.8 Å². The maximum Gasteiger partial charge on any atom is 0.232 e. The van der Waals surface area contributed by atoms with Crippen LogP contribution in [0.3, 0.4) is 0 Å². The molecule has 0 saturated heterocycles. The molecule has 170 valence electrons. The second-order valence-electron chi connectivity index (χ2n) is 9.11. The van der Waals surface area contributed by atoms with Crippen LogP contribution < -0.4 is 9.64 Å². The highest BCUT2D eigenvalue weighted by Gasteiger charge is 2.41. The van der Waals surface area contributed by atoms with Gasteiger partial charge in [-0.1, -0.05) is 25.0 Å². The van der Waals surface area contributed by atoms with Crippen molar-refractivity contribution in [3.05, 3.63) is 57.1 Å². The van der Waals surface area contributed by atoms with Gasteiger partial charge in [0.15, 0.2) is 5.78 Å². The molecule has 3 aliphatic rings. The summed E-state index contributed by atoms with van der Waals surface area (Å²) in [6, 6.07) is 10.1. The fourth-order valence-electron chi connectivity index (χ4n) is 5.55. The lowest BCUT2D eigenvalue weighted by Crippen LogP contribution is -2.40. The summed E-state index contributed by atoms with van der Waals surface area (Å²) in [6.45, 7) is 0. The van der Waals surface area contributed by atoms with Gasteiger partial charge >= 0.3 is 0 Å². The van der Waals surface area contributed by atoms with E-state index in [0.29, 0.717) is 18.4 Å². The van der Waals surface area contributed by atoms with Crippen LogP contribution in [0.4, 0.5) is 5.00 Å². The average Bonchev–Trinajstić information content (AvgIpc) is 3.14. The van der Waals surface area contributed by atoms with E-state index in [1.807, 2.05) is 24.3 Å². The number of benzene rings is 1. The molecule has 0 radical (unpaired) electrons. The minimum Gasteiger partial charge on any atom is -0.497 e. The normalized spacial score (nSPS) is 21.1. The quantitative estimate of drug-likeness (QED) is 0.579. The van der Waals surface area contributed by atoms with Crippen molar-refractivity contribution in [1.82, 2.24) is 0 Å². The van der Waals surface area contributed by atoms with Gasteiger partial charge in [-0.15, -0.1) is 11.3 Å². The van der Waals surface area contributed by atoms with Crippen molar-refractivity contribution < 1.29 is 14.3 Å². The van der Waals surface area contributed by atoms with Gasteiger partial charge in [-0.2, -0.15) is 5.26 Å². The number of hydrogen-bond acceptors (Lipinski definition) is 5. The molecule has 2 heterocycles. The van der Waals surface area contributed by atoms with E-state index in [4.69, 9.17) is 4.74 Å². The molecule has 0 saturated carbocycles. The van der Waals surface area contributed by atoms with Crippen molar-refractivity contribution in [1.29, 1.82) is 5.26 Å². The van der Waals surface area contributed by atoms with Gasteiger partial charge in [-0.05, 0) is 61.8 Å². The Morgan fingerprint density at radius 2 is 1.88 bits per heavy atom. The van der Waals surface area contributed by atoms with Gasteiger partial charge in [0, 0.05) is 34.9 Å². The Bertz CT molecular complexity index is 1190. The highest BCUT2D eigenvalue weighted by molar-refractivity contribution is 7.16. The summed E-state index contributed by atoms with van der Waals surface area (Å²) in [5.41, 5.74) is 4.27. The summed E-state index contributed by atoms with van der Waals surface area (Å²) < 4.78 is 5.39. The number of carbonyl (C=O) groups is 2. The number of anilines is 1. The van der Waals surface area contributed by atoms with E-state index in [0.717, 1.165) is 65.3 Å². The molecule has 1 aromatic heterocycles. The number of hydrogen-bond donors (Lipinski definition) is 0. The minimum atomic E-state index is -0.266. The Kier molecular flexibility index (Phi) is 6.07. The van der Waals surface area contributed by atoms with Crippen LogP contribution in [-0.2, 0) is 22.4 Å². The third-order valence-electron chi connectivity index (χ3n) is 7.14. The number of carbonyl (C=O) groups excluding carboxylic acids is 2. The fraction of sp³-hybridized carbons (Fsp3) is 0.444. The average molecular weight is 461 g/mol. The molecule has 0 N–H and O–H groups in total. The maximum absolute atomic E-state index is 13.7. The number of nitrogens with zero attached hydrogens (tertiary/aromatic N) is 2. The summed E-state index contributed by atoms with van der Waals surface area (Å²) in [6.07, 6.45) is 8.61.